The zero-order valence-electron chi connectivity index (χ0n) is 11.9. The molecule has 1 saturated heterocycles. The second-order valence-corrected chi connectivity index (χ2v) is 5.16. The average molecular weight is 298 g/mol. The largest absolute Gasteiger partial charge is 0.336 e. The number of amides is 3. The molecule has 1 aromatic rings. The van der Waals surface area contributed by atoms with E-state index in [2.05, 4.69) is 5.32 Å². The molecule has 0 aromatic heterocycles. The van der Waals surface area contributed by atoms with Crippen LogP contribution in [0.1, 0.15) is 25.5 Å². The molecule has 0 aliphatic carbocycles. The first-order chi connectivity index (χ1) is 9.90. The molecule has 3 N–H and O–H groups in total. The van der Waals surface area contributed by atoms with Crippen molar-refractivity contribution >= 4 is 11.9 Å². The monoisotopic (exact) mass is 298 g/mol. The summed E-state index contributed by atoms with van der Waals surface area (Å²) in [5.41, 5.74) is 0.321. The van der Waals surface area contributed by atoms with Crippen LogP contribution in [0.25, 0.3) is 0 Å². The highest BCUT2D eigenvalue weighted by atomic mass is 19.1. The van der Waals surface area contributed by atoms with Crippen molar-refractivity contribution in [1.29, 1.82) is 0 Å². The molecule has 1 heterocycles. The van der Waals surface area contributed by atoms with Crippen molar-refractivity contribution in [3.8, 4) is 0 Å². The zero-order chi connectivity index (χ0) is 15.6. The number of quaternary nitrogens is 1. The van der Waals surface area contributed by atoms with Crippen LogP contribution >= 0.6 is 0 Å². The number of imide groups is 1. The van der Waals surface area contributed by atoms with Gasteiger partial charge in [0.2, 0.25) is 0 Å². The molecule has 1 aliphatic heterocycles. The van der Waals surface area contributed by atoms with Crippen molar-refractivity contribution in [3.05, 3.63) is 35.4 Å². The van der Waals surface area contributed by atoms with Gasteiger partial charge in [-0.3, -0.25) is 9.69 Å². The van der Waals surface area contributed by atoms with E-state index in [0.29, 0.717) is 18.7 Å². The zero-order valence-corrected chi connectivity index (χ0v) is 11.9. The van der Waals surface area contributed by atoms with Gasteiger partial charge in [0.25, 0.3) is 5.91 Å². The van der Waals surface area contributed by atoms with Gasteiger partial charge < -0.3 is 10.6 Å². The molecule has 0 unspecified atom stereocenters. The number of nitrogens with one attached hydrogen (secondary N) is 1. The Hall–Kier alpha value is -2.02. The number of urea groups is 1. The van der Waals surface area contributed by atoms with E-state index in [0.717, 1.165) is 11.0 Å². The number of halogens is 2. The van der Waals surface area contributed by atoms with E-state index in [9.17, 15) is 18.4 Å². The van der Waals surface area contributed by atoms with Gasteiger partial charge in [-0.15, -0.1) is 0 Å². The molecule has 2 rings (SSSR count). The lowest BCUT2D eigenvalue weighted by molar-refractivity contribution is -0.711. The summed E-state index contributed by atoms with van der Waals surface area (Å²) in [6.07, 6.45) is 0. The van der Waals surface area contributed by atoms with Gasteiger partial charge in [0, 0.05) is 24.7 Å². The average Bonchev–Trinajstić information content (AvgIpc) is 2.83. The summed E-state index contributed by atoms with van der Waals surface area (Å²) in [6, 6.07) is 2.07. The summed E-state index contributed by atoms with van der Waals surface area (Å²) in [7, 11) is 0. The molecule has 0 bridgehead atoms. The molecule has 3 amide bonds. The highest BCUT2D eigenvalue weighted by Crippen LogP contribution is 2.15. The second-order valence-electron chi connectivity index (χ2n) is 5.16. The molecule has 1 aliphatic rings. The normalized spacial score (nSPS) is 17.5. The van der Waals surface area contributed by atoms with Crippen molar-refractivity contribution in [3.63, 3.8) is 0 Å². The number of hydrogen-bond donors (Lipinski definition) is 2. The third kappa shape index (κ3) is 3.36. The number of nitrogens with zero attached hydrogens (tertiary/aromatic N) is 1. The highest BCUT2D eigenvalue weighted by Gasteiger charge is 2.32. The lowest BCUT2D eigenvalue weighted by atomic mass is 10.1. The molecule has 7 heteroatoms. The van der Waals surface area contributed by atoms with Crippen LogP contribution in [-0.4, -0.2) is 36.0 Å². The molecular formula is C14H18F2N3O2+. The van der Waals surface area contributed by atoms with Crippen molar-refractivity contribution < 1.29 is 23.7 Å². The van der Waals surface area contributed by atoms with Gasteiger partial charge in [-0.25, -0.2) is 13.6 Å². The molecule has 21 heavy (non-hydrogen) atoms. The fraction of sp³-hybridized carbons (Fsp3) is 0.429. The maximum atomic E-state index is 13.7. The summed E-state index contributed by atoms with van der Waals surface area (Å²) in [5.74, 6) is -1.60. The molecule has 0 saturated carbocycles. The van der Waals surface area contributed by atoms with E-state index in [-0.39, 0.29) is 11.9 Å². The number of rotatable bonds is 4. The summed E-state index contributed by atoms with van der Waals surface area (Å²) in [5, 5.41) is 4.21. The highest BCUT2D eigenvalue weighted by molar-refractivity contribution is 5.97. The minimum absolute atomic E-state index is 0.320. The van der Waals surface area contributed by atoms with Gasteiger partial charge in [0.1, 0.15) is 17.7 Å². The van der Waals surface area contributed by atoms with E-state index in [1.165, 1.54) is 12.1 Å². The molecule has 1 aromatic carbocycles. The number of nitrogens with two attached hydrogens (primary N) is 1. The summed E-state index contributed by atoms with van der Waals surface area (Å²) < 4.78 is 26.6. The van der Waals surface area contributed by atoms with Gasteiger partial charge in [-0.05, 0) is 26.0 Å². The Morgan fingerprint density at radius 1 is 1.38 bits per heavy atom. The maximum absolute atomic E-state index is 13.7. The van der Waals surface area contributed by atoms with E-state index >= 15 is 0 Å². The van der Waals surface area contributed by atoms with Crippen LogP contribution in [-0.2, 0) is 4.79 Å². The molecular weight excluding hydrogens is 280 g/mol. The lowest BCUT2D eigenvalue weighted by Gasteiger charge is -2.20. The number of carbonyl (C=O) groups is 2. The second kappa shape index (κ2) is 6.17. The number of hydrogen-bond acceptors (Lipinski definition) is 2. The predicted molar refractivity (Wildman–Crippen MR) is 71.3 cm³/mol. The Labute approximate surface area is 121 Å². The van der Waals surface area contributed by atoms with Crippen LogP contribution in [0.3, 0.4) is 0 Å². The Morgan fingerprint density at radius 2 is 2.10 bits per heavy atom. The summed E-state index contributed by atoms with van der Waals surface area (Å²) >= 11 is 0. The van der Waals surface area contributed by atoms with Crippen molar-refractivity contribution in [2.24, 2.45) is 0 Å². The van der Waals surface area contributed by atoms with E-state index < -0.39 is 23.7 Å². The van der Waals surface area contributed by atoms with Gasteiger partial charge in [0.05, 0.1) is 0 Å². The van der Waals surface area contributed by atoms with E-state index in [1.807, 2.05) is 0 Å². The summed E-state index contributed by atoms with van der Waals surface area (Å²) in [6.45, 7) is 4.17. The molecule has 0 radical (unpaired) electrons. The lowest BCUT2D eigenvalue weighted by Crippen LogP contribution is -2.92. The van der Waals surface area contributed by atoms with Crippen LogP contribution in [0.5, 0.6) is 0 Å². The first-order valence-electron chi connectivity index (χ1n) is 6.79. The van der Waals surface area contributed by atoms with Gasteiger partial charge in [0.15, 0.2) is 6.04 Å². The fourth-order valence-corrected chi connectivity index (χ4v) is 2.42. The van der Waals surface area contributed by atoms with E-state index in [1.54, 1.807) is 19.2 Å². The van der Waals surface area contributed by atoms with Crippen molar-refractivity contribution in [2.75, 3.05) is 13.1 Å². The Balaban J connectivity index is 2.03. The van der Waals surface area contributed by atoms with Crippen LogP contribution in [0.15, 0.2) is 18.2 Å². The first-order valence-corrected chi connectivity index (χ1v) is 6.79. The molecule has 0 spiro atoms. The molecule has 1 fully saturated rings. The quantitative estimate of drug-likeness (QED) is 0.851. The molecule has 114 valence electrons. The number of carbonyl (C=O) groups excluding carboxylic acids is 2. The van der Waals surface area contributed by atoms with Gasteiger partial charge >= 0.3 is 6.03 Å². The molecule has 2 atom stereocenters. The topological polar surface area (TPSA) is 66.0 Å². The maximum Gasteiger partial charge on any atom is 0.324 e. The minimum Gasteiger partial charge on any atom is -0.336 e. The van der Waals surface area contributed by atoms with Crippen molar-refractivity contribution in [2.45, 2.75) is 25.9 Å². The Morgan fingerprint density at radius 3 is 2.67 bits per heavy atom. The predicted octanol–water partition coefficient (Wildman–Crippen LogP) is 0.530. The SMILES string of the molecule is C[C@H]([NH2+][C@H](C)c1ccc(F)cc1F)C(=O)N1CCNC1=O. The fourth-order valence-electron chi connectivity index (χ4n) is 2.42. The Bertz CT molecular complexity index is 565. The smallest absolute Gasteiger partial charge is 0.324 e. The van der Waals surface area contributed by atoms with Crippen LogP contribution in [0, 0.1) is 11.6 Å². The van der Waals surface area contributed by atoms with Crippen LogP contribution < -0.4 is 10.6 Å². The standard InChI is InChI=1S/C14H17F2N3O2/c1-8(11-4-3-10(15)7-12(11)16)18-9(2)13(20)19-6-5-17-14(19)21/h3-4,7-9,18H,5-6H2,1-2H3,(H,17,21)/p+1/t8-,9+/m1/s1. The van der Waals surface area contributed by atoms with Crippen LogP contribution in [0.4, 0.5) is 13.6 Å². The Kier molecular flexibility index (Phi) is 4.52. The van der Waals surface area contributed by atoms with E-state index in [4.69, 9.17) is 0 Å². The van der Waals surface area contributed by atoms with Gasteiger partial charge in [-0.2, -0.15) is 0 Å². The number of benzene rings is 1. The third-order valence-electron chi connectivity index (χ3n) is 3.54. The van der Waals surface area contributed by atoms with Crippen molar-refractivity contribution in [1.82, 2.24) is 10.2 Å². The third-order valence-corrected chi connectivity index (χ3v) is 3.54. The van der Waals surface area contributed by atoms with Crippen LogP contribution in [0.2, 0.25) is 0 Å². The minimum atomic E-state index is -0.641. The first kappa shape index (κ1) is 15.4. The summed E-state index contributed by atoms with van der Waals surface area (Å²) in [4.78, 5) is 24.7. The van der Waals surface area contributed by atoms with Gasteiger partial charge in [-0.1, -0.05) is 0 Å². The molecule has 5 nitrogen and oxygen atoms in total.